The van der Waals surface area contributed by atoms with E-state index in [0.29, 0.717) is 6.54 Å². The highest BCUT2D eigenvalue weighted by atomic mass is 16.3. The molecule has 124 valence electrons. The largest absolute Gasteiger partial charge is 0.392 e. The van der Waals surface area contributed by atoms with Gasteiger partial charge in [-0.1, -0.05) is 6.07 Å². The molecule has 1 unspecified atom stereocenters. The molecule has 1 aliphatic carbocycles. The van der Waals surface area contributed by atoms with E-state index in [4.69, 9.17) is 0 Å². The van der Waals surface area contributed by atoms with E-state index in [1.165, 1.54) is 29.5 Å². The number of aliphatic hydroxyl groups is 2. The molecule has 0 radical (unpaired) electrons. The summed E-state index contributed by atoms with van der Waals surface area (Å²) in [7, 11) is 0. The van der Waals surface area contributed by atoms with E-state index in [1.807, 2.05) is 18.2 Å². The fourth-order valence-electron chi connectivity index (χ4n) is 3.85. The Morgan fingerprint density at radius 1 is 1.08 bits per heavy atom. The van der Waals surface area contributed by atoms with Crippen LogP contribution in [0.15, 0.2) is 42.7 Å². The number of nitrogens with zero attached hydrogens (tertiary/aromatic N) is 2. The zero-order chi connectivity index (χ0) is 16.5. The van der Waals surface area contributed by atoms with Crippen LogP contribution >= 0.6 is 0 Å². The predicted molar refractivity (Wildman–Crippen MR) is 93.7 cm³/mol. The van der Waals surface area contributed by atoms with Gasteiger partial charge in [0.2, 0.25) is 0 Å². The Morgan fingerprint density at radius 3 is 2.67 bits per heavy atom. The highest BCUT2D eigenvalue weighted by Gasteiger charge is 2.22. The van der Waals surface area contributed by atoms with E-state index < -0.39 is 6.10 Å². The summed E-state index contributed by atoms with van der Waals surface area (Å²) >= 11 is 0. The van der Waals surface area contributed by atoms with E-state index in [9.17, 15) is 10.2 Å². The molecule has 0 bridgehead atoms. The Labute approximate surface area is 141 Å². The Hall–Kier alpha value is -2.17. The van der Waals surface area contributed by atoms with Gasteiger partial charge in [0, 0.05) is 29.0 Å². The summed E-state index contributed by atoms with van der Waals surface area (Å²) in [5.74, 6) is 0. The lowest BCUT2D eigenvalue weighted by Crippen LogP contribution is -2.13. The second-order valence-electron chi connectivity index (χ2n) is 6.55. The predicted octanol–water partition coefficient (Wildman–Crippen LogP) is 3.14. The summed E-state index contributed by atoms with van der Waals surface area (Å²) in [6.07, 6.45) is 7.43. The number of hydrogen-bond acceptors (Lipinski definition) is 3. The Kier molecular flexibility index (Phi) is 4.08. The van der Waals surface area contributed by atoms with Crippen LogP contribution in [0.5, 0.6) is 0 Å². The van der Waals surface area contributed by atoms with Crippen LogP contribution in [0.3, 0.4) is 0 Å². The summed E-state index contributed by atoms with van der Waals surface area (Å²) in [5, 5.41) is 21.3. The number of rotatable bonds is 4. The monoisotopic (exact) mass is 322 g/mol. The molecule has 0 saturated heterocycles. The van der Waals surface area contributed by atoms with Crippen molar-refractivity contribution in [2.24, 2.45) is 0 Å². The van der Waals surface area contributed by atoms with Gasteiger partial charge < -0.3 is 14.8 Å². The Bertz CT molecular complexity index is 855. The minimum Gasteiger partial charge on any atom is -0.392 e. The average Bonchev–Trinajstić information content (AvgIpc) is 2.96. The van der Waals surface area contributed by atoms with E-state index in [-0.39, 0.29) is 6.61 Å². The first-order chi connectivity index (χ1) is 11.8. The molecule has 1 aliphatic rings. The molecule has 4 heteroatoms. The van der Waals surface area contributed by atoms with Crippen LogP contribution in [0.25, 0.3) is 10.9 Å². The molecule has 2 aromatic heterocycles. The van der Waals surface area contributed by atoms with Crippen LogP contribution in [0, 0.1) is 0 Å². The van der Waals surface area contributed by atoms with Crippen molar-refractivity contribution in [1.82, 2.24) is 9.55 Å². The fraction of sp³-hybridized carbons (Fsp3) is 0.350. The molecule has 0 spiro atoms. The molecule has 2 N–H and O–H groups in total. The van der Waals surface area contributed by atoms with Crippen molar-refractivity contribution < 1.29 is 10.2 Å². The number of pyridine rings is 1. The Morgan fingerprint density at radius 2 is 1.88 bits per heavy atom. The van der Waals surface area contributed by atoms with Gasteiger partial charge in [0.15, 0.2) is 0 Å². The lowest BCUT2D eigenvalue weighted by Gasteiger charge is -2.19. The van der Waals surface area contributed by atoms with Crippen molar-refractivity contribution in [2.45, 2.75) is 44.9 Å². The lowest BCUT2D eigenvalue weighted by atomic mass is 9.95. The number of fused-ring (bicyclic) bond motifs is 3. The number of benzene rings is 1. The number of aryl methyl sites for hydroxylation is 1. The summed E-state index contributed by atoms with van der Waals surface area (Å²) < 4.78 is 2.27. The second-order valence-corrected chi connectivity index (χ2v) is 6.55. The van der Waals surface area contributed by atoms with Crippen molar-refractivity contribution in [3.8, 4) is 0 Å². The third-order valence-corrected chi connectivity index (χ3v) is 5.07. The lowest BCUT2D eigenvalue weighted by molar-refractivity contribution is 0.156. The molecule has 24 heavy (non-hydrogen) atoms. The van der Waals surface area contributed by atoms with Gasteiger partial charge in [-0.05, 0) is 66.6 Å². The fourth-order valence-corrected chi connectivity index (χ4v) is 3.85. The first kappa shape index (κ1) is 15.4. The quantitative estimate of drug-likeness (QED) is 0.776. The van der Waals surface area contributed by atoms with Gasteiger partial charge in [-0.15, -0.1) is 0 Å². The first-order valence-corrected chi connectivity index (χ1v) is 8.59. The normalized spacial score (nSPS) is 15.4. The van der Waals surface area contributed by atoms with Gasteiger partial charge >= 0.3 is 0 Å². The second kappa shape index (κ2) is 6.38. The third kappa shape index (κ3) is 2.62. The van der Waals surface area contributed by atoms with Crippen molar-refractivity contribution in [1.29, 1.82) is 0 Å². The van der Waals surface area contributed by atoms with Gasteiger partial charge in [-0.2, -0.15) is 0 Å². The number of aromatic nitrogens is 2. The molecule has 1 atom stereocenters. The zero-order valence-electron chi connectivity index (χ0n) is 13.7. The zero-order valence-corrected chi connectivity index (χ0v) is 13.7. The minimum atomic E-state index is -0.549. The standard InChI is InChI=1S/C20H22N2O2/c23-13-14-5-6-19-17(11-14)16-3-1-2-4-18(16)22(19)12-20(24)15-7-9-21-10-8-15/h5-11,20,23-24H,1-4,12-13H2. The number of aliphatic hydroxyl groups excluding tert-OH is 2. The smallest absolute Gasteiger partial charge is 0.0970 e. The maximum absolute atomic E-state index is 10.7. The maximum Gasteiger partial charge on any atom is 0.0970 e. The first-order valence-electron chi connectivity index (χ1n) is 8.59. The molecule has 0 fully saturated rings. The van der Waals surface area contributed by atoms with Gasteiger partial charge in [0.25, 0.3) is 0 Å². The average molecular weight is 322 g/mol. The van der Waals surface area contributed by atoms with E-state index in [0.717, 1.165) is 29.5 Å². The molecule has 2 heterocycles. The van der Waals surface area contributed by atoms with E-state index in [2.05, 4.69) is 21.7 Å². The van der Waals surface area contributed by atoms with Crippen LogP contribution in [0.4, 0.5) is 0 Å². The number of hydrogen-bond donors (Lipinski definition) is 2. The molecular weight excluding hydrogens is 300 g/mol. The molecule has 0 amide bonds. The van der Waals surface area contributed by atoms with Gasteiger partial charge in [-0.25, -0.2) is 0 Å². The maximum atomic E-state index is 10.7. The third-order valence-electron chi connectivity index (χ3n) is 5.07. The highest BCUT2D eigenvalue weighted by molar-refractivity contribution is 5.86. The molecule has 4 nitrogen and oxygen atoms in total. The molecule has 0 aliphatic heterocycles. The molecule has 1 aromatic carbocycles. The SMILES string of the molecule is OCc1ccc2c(c1)c1c(n2CC(O)c2ccncc2)CCCC1. The summed E-state index contributed by atoms with van der Waals surface area (Å²) in [6.45, 7) is 0.615. The topological polar surface area (TPSA) is 58.3 Å². The summed E-state index contributed by atoms with van der Waals surface area (Å²) in [4.78, 5) is 4.02. The molecular formula is C20H22N2O2. The van der Waals surface area contributed by atoms with Gasteiger partial charge in [-0.3, -0.25) is 4.98 Å². The van der Waals surface area contributed by atoms with E-state index in [1.54, 1.807) is 12.4 Å². The van der Waals surface area contributed by atoms with Crippen molar-refractivity contribution >= 4 is 10.9 Å². The van der Waals surface area contributed by atoms with Gasteiger partial charge in [0.05, 0.1) is 19.3 Å². The van der Waals surface area contributed by atoms with Crippen molar-refractivity contribution in [3.63, 3.8) is 0 Å². The van der Waals surface area contributed by atoms with E-state index >= 15 is 0 Å². The van der Waals surface area contributed by atoms with Crippen LogP contribution in [-0.2, 0) is 26.0 Å². The minimum absolute atomic E-state index is 0.0650. The molecule has 3 aromatic rings. The summed E-state index contributed by atoms with van der Waals surface area (Å²) in [5.41, 5.74) is 5.74. The van der Waals surface area contributed by atoms with Crippen LogP contribution in [-0.4, -0.2) is 19.8 Å². The van der Waals surface area contributed by atoms with Crippen LogP contribution in [0.2, 0.25) is 0 Å². The van der Waals surface area contributed by atoms with Crippen LogP contribution in [0.1, 0.15) is 41.3 Å². The van der Waals surface area contributed by atoms with Gasteiger partial charge in [0.1, 0.15) is 0 Å². The van der Waals surface area contributed by atoms with Crippen LogP contribution < -0.4 is 0 Å². The summed E-state index contributed by atoms with van der Waals surface area (Å²) in [6, 6.07) is 9.90. The van der Waals surface area contributed by atoms with Crippen molar-refractivity contribution in [3.05, 3.63) is 65.1 Å². The van der Waals surface area contributed by atoms with Crippen molar-refractivity contribution in [2.75, 3.05) is 0 Å². The molecule has 4 rings (SSSR count). The Balaban J connectivity index is 1.79. The molecule has 0 saturated carbocycles. The highest BCUT2D eigenvalue weighted by Crippen LogP contribution is 2.34.